The summed E-state index contributed by atoms with van der Waals surface area (Å²) < 4.78 is 49.5. The third kappa shape index (κ3) is 6.59. The van der Waals surface area contributed by atoms with Crippen molar-refractivity contribution >= 4 is 23.5 Å². The Balaban J connectivity index is 1.77. The van der Waals surface area contributed by atoms with Crippen LogP contribution in [-0.2, 0) is 31.6 Å². The van der Waals surface area contributed by atoms with Gasteiger partial charge < -0.3 is 28.8 Å². The second-order valence-electron chi connectivity index (χ2n) is 6.03. The Kier molecular flexibility index (Phi) is 6.50. The fourth-order valence-corrected chi connectivity index (χ4v) is 5.85. The Morgan fingerprint density at radius 2 is 1.71 bits per heavy atom. The van der Waals surface area contributed by atoms with Crippen LogP contribution in [0.15, 0.2) is 0 Å². The van der Waals surface area contributed by atoms with Gasteiger partial charge in [0.15, 0.2) is 0 Å². The van der Waals surface area contributed by atoms with Gasteiger partial charge in [0.1, 0.15) is 0 Å². The second kappa shape index (κ2) is 7.55. The van der Waals surface area contributed by atoms with E-state index in [9.17, 15) is 28.4 Å². The smallest absolute Gasteiger partial charge is 0.280 e. The highest BCUT2D eigenvalue weighted by Crippen LogP contribution is 2.61. The topological polar surface area (TPSA) is 178 Å². The summed E-state index contributed by atoms with van der Waals surface area (Å²) in [7, 11) is -17.0. The molecular formula is C10H18O11P3-3. The van der Waals surface area contributed by atoms with Gasteiger partial charge in [0.2, 0.25) is 0 Å². The lowest BCUT2D eigenvalue weighted by molar-refractivity contribution is -0.250. The van der Waals surface area contributed by atoms with Gasteiger partial charge in [0.05, 0.1) is 18.8 Å². The number of phosphoric ester groups is 1. The summed E-state index contributed by atoms with van der Waals surface area (Å²) in [5.74, 6) is 1.09. The minimum absolute atomic E-state index is 0.0245. The minimum Gasteiger partial charge on any atom is -0.756 e. The summed E-state index contributed by atoms with van der Waals surface area (Å²) in [6.45, 7) is 1.67. The van der Waals surface area contributed by atoms with Gasteiger partial charge in [0, 0.05) is 0 Å². The maximum absolute atomic E-state index is 11.4. The highest BCUT2D eigenvalue weighted by Gasteiger charge is 2.38. The molecule has 24 heavy (non-hydrogen) atoms. The zero-order valence-corrected chi connectivity index (χ0v) is 15.4. The van der Waals surface area contributed by atoms with Crippen molar-refractivity contribution in [1.82, 2.24) is 0 Å². The van der Waals surface area contributed by atoms with E-state index in [1.807, 2.05) is 0 Å². The van der Waals surface area contributed by atoms with E-state index in [2.05, 4.69) is 20.1 Å². The van der Waals surface area contributed by atoms with E-state index in [1.165, 1.54) is 0 Å². The molecule has 0 spiro atoms. The third-order valence-corrected chi connectivity index (χ3v) is 7.59. The molecule has 0 aromatic heterocycles. The monoisotopic (exact) mass is 407 g/mol. The predicted octanol–water partition coefficient (Wildman–Crippen LogP) is 0.0274. The van der Waals surface area contributed by atoms with E-state index in [1.54, 1.807) is 0 Å². The molecule has 0 aromatic rings. The molecule has 0 bridgehead atoms. The molecule has 1 heterocycles. The molecule has 1 saturated heterocycles. The summed E-state index contributed by atoms with van der Waals surface area (Å²) in [6.07, 6.45) is 2.89. The first-order chi connectivity index (χ1) is 10.9. The molecule has 14 heteroatoms. The van der Waals surface area contributed by atoms with Crippen LogP contribution in [-0.4, -0.2) is 23.7 Å². The highest BCUT2D eigenvalue weighted by molar-refractivity contribution is 7.65. The highest BCUT2D eigenvalue weighted by atomic mass is 31.3. The Labute approximate surface area is 138 Å². The van der Waals surface area contributed by atoms with Crippen molar-refractivity contribution in [2.24, 2.45) is 11.8 Å². The summed E-state index contributed by atoms with van der Waals surface area (Å²) in [4.78, 5) is 41.0. The van der Waals surface area contributed by atoms with Crippen molar-refractivity contribution in [3.63, 3.8) is 0 Å². The van der Waals surface area contributed by atoms with Gasteiger partial charge in [-0.05, 0) is 37.5 Å². The van der Waals surface area contributed by atoms with Crippen molar-refractivity contribution in [2.75, 3.05) is 6.61 Å². The van der Waals surface area contributed by atoms with Crippen LogP contribution in [0.1, 0.15) is 32.6 Å². The Morgan fingerprint density at radius 1 is 1.08 bits per heavy atom. The minimum atomic E-state index is -5.84. The van der Waals surface area contributed by atoms with E-state index in [4.69, 9.17) is 9.63 Å². The fraction of sp³-hybridized carbons (Fsp3) is 1.00. The van der Waals surface area contributed by atoms with E-state index in [0.29, 0.717) is 18.3 Å². The fourth-order valence-electron chi connectivity index (χ4n) is 2.93. The number of phosphoric acid groups is 3. The van der Waals surface area contributed by atoms with Crippen molar-refractivity contribution in [2.45, 2.75) is 44.8 Å². The lowest BCUT2D eigenvalue weighted by Crippen LogP contribution is -2.33. The zero-order chi connectivity index (χ0) is 18.2. The van der Waals surface area contributed by atoms with Gasteiger partial charge in [-0.3, -0.25) is 13.7 Å². The SMILES string of the molecule is CC1CC([C@H]2CC[C@@H](COP(=O)([O-])OP(=O)([O-])OP(=O)([O-])O)O2)C1. The largest absolute Gasteiger partial charge is 0.756 e. The van der Waals surface area contributed by atoms with Gasteiger partial charge >= 0.3 is 0 Å². The number of hydrogen-bond acceptors (Lipinski definition) is 10. The lowest BCUT2D eigenvalue weighted by atomic mass is 9.72. The van der Waals surface area contributed by atoms with Crippen LogP contribution in [0, 0.1) is 11.8 Å². The molecule has 0 aromatic carbocycles. The van der Waals surface area contributed by atoms with Crippen LogP contribution in [0.2, 0.25) is 0 Å². The van der Waals surface area contributed by atoms with Crippen molar-refractivity contribution in [1.29, 1.82) is 0 Å². The molecule has 2 rings (SSSR count). The molecule has 5 atom stereocenters. The van der Waals surface area contributed by atoms with E-state index >= 15 is 0 Å². The zero-order valence-electron chi connectivity index (χ0n) is 12.7. The number of ether oxygens (including phenoxy) is 1. The third-order valence-electron chi connectivity index (χ3n) is 3.90. The number of hydrogen-bond donors (Lipinski definition) is 1. The van der Waals surface area contributed by atoms with Gasteiger partial charge in [-0.15, -0.1) is 0 Å². The molecule has 2 fully saturated rings. The quantitative estimate of drug-likeness (QED) is 0.537. The van der Waals surface area contributed by atoms with E-state index in [-0.39, 0.29) is 6.10 Å². The lowest BCUT2D eigenvalue weighted by Gasteiger charge is -2.37. The van der Waals surface area contributed by atoms with Crippen molar-refractivity contribution < 1.29 is 51.2 Å². The average Bonchev–Trinajstić information content (AvgIpc) is 2.76. The first-order valence-electron chi connectivity index (χ1n) is 7.24. The molecule has 1 saturated carbocycles. The summed E-state index contributed by atoms with van der Waals surface area (Å²) in [5, 5.41) is 0. The molecule has 11 nitrogen and oxygen atoms in total. The summed E-state index contributed by atoms with van der Waals surface area (Å²) in [5.41, 5.74) is 0. The maximum atomic E-state index is 11.4. The van der Waals surface area contributed by atoms with Gasteiger partial charge in [-0.25, -0.2) is 8.62 Å². The number of rotatable bonds is 8. The van der Waals surface area contributed by atoms with Crippen LogP contribution in [0.4, 0.5) is 0 Å². The first-order valence-corrected chi connectivity index (χ1v) is 11.7. The van der Waals surface area contributed by atoms with Crippen molar-refractivity contribution in [3.05, 3.63) is 0 Å². The van der Waals surface area contributed by atoms with Crippen LogP contribution < -0.4 is 14.7 Å². The molecule has 3 unspecified atom stereocenters. The molecule has 1 aliphatic heterocycles. The Hall–Kier alpha value is 0.370. The van der Waals surface area contributed by atoms with E-state index < -0.39 is 36.2 Å². The van der Waals surface area contributed by atoms with Crippen LogP contribution in [0.25, 0.3) is 0 Å². The van der Waals surface area contributed by atoms with Crippen LogP contribution >= 0.6 is 23.5 Å². The van der Waals surface area contributed by atoms with Gasteiger partial charge in [-0.2, -0.15) is 0 Å². The maximum Gasteiger partial charge on any atom is 0.280 e. The van der Waals surface area contributed by atoms with Gasteiger partial charge in [-0.1, -0.05) is 6.92 Å². The summed E-state index contributed by atoms with van der Waals surface area (Å²) >= 11 is 0. The second-order valence-corrected chi connectivity index (χ2v) is 10.3. The first kappa shape index (κ1) is 20.7. The molecule has 1 N–H and O–H groups in total. The van der Waals surface area contributed by atoms with Crippen LogP contribution in [0.5, 0.6) is 0 Å². The van der Waals surface area contributed by atoms with Gasteiger partial charge in [0.25, 0.3) is 23.5 Å². The predicted molar refractivity (Wildman–Crippen MR) is 72.9 cm³/mol. The molecule has 2 aliphatic rings. The Bertz CT molecular complexity index is 583. The van der Waals surface area contributed by atoms with Crippen LogP contribution in [0.3, 0.4) is 0 Å². The molecule has 1 aliphatic carbocycles. The molecule has 0 radical (unpaired) electrons. The summed E-state index contributed by atoms with van der Waals surface area (Å²) in [6, 6.07) is 0. The normalized spacial score (nSPS) is 37.9. The van der Waals surface area contributed by atoms with Crippen molar-refractivity contribution in [3.8, 4) is 0 Å². The van der Waals surface area contributed by atoms with E-state index in [0.717, 1.165) is 19.3 Å². The Morgan fingerprint density at radius 3 is 2.25 bits per heavy atom. The standard InChI is InChI=1S/C10H21O11P3/c1-7-4-8(5-7)10-3-2-9(19-10)6-18-23(14,15)21-24(16,17)20-22(11,12)13/h7-10H,2-6H2,1H3,(H,14,15)(H,16,17)(H2,11,12,13)/p-3/t7?,8?,9-,10+/m0/s1. The molecular weight excluding hydrogens is 389 g/mol. The molecule has 142 valence electrons. The average molecular weight is 407 g/mol. The molecule has 0 amide bonds.